The van der Waals surface area contributed by atoms with Crippen LogP contribution in [0.25, 0.3) is 0 Å². The third kappa shape index (κ3) is 3.81. The fourth-order valence-electron chi connectivity index (χ4n) is 7.26. The Morgan fingerprint density at radius 2 is 1.70 bits per heavy atom. The molecule has 1 aliphatic heterocycles. The van der Waals surface area contributed by atoms with Crippen LogP contribution in [0.1, 0.15) is 50.9 Å². The maximum absolute atomic E-state index is 14.0. The molecule has 1 aromatic carbocycles. The van der Waals surface area contributed by atoms with Gasteiger partial charge in [-0.15, -0.1) is 0 Å². The summed E-state index contributed by atoms with van der Waals surface area (Å²) in [5, 5.41) is 57.9. The van der Waals surface area contributed by atoms with Crippen LogP contribution >= 0.6 is 0 Å². The molecule has 3 aliphatic carbocycles. The third-order valence-corrected chi connectivity index (χ3v) is 9.64. The monoisotopic (exact) mass is 729 g/mol. The van der Waals surface area contributed by atoms with Crippen LogP contribution in [0.15, 0.2) is 41.5 Å². The average molecular weight is 730 g/mol. The predicted octanol–water partition coefficient (Wildman–Crippen LogP) is 0.511. The molecule has 2 saturated carbocycles. The van der Waals surface area contributed by atoms with E-state index < -0.39 is 70.2 Å². The molecule has 5 N–H and O–H groups in total. The number of ketones is 1. The standard InChI is InChI=1S/C27H34O9.Ac/c1-13-15(28)11-27(34)22(36-23(32)14-8-6-5-7-9-14)20-25(4,16(29)10-17-26(20,33)12-35-17)21(31)19(30)18(13)24(27,2)3;/h5-9,15-17,19-20,22,28-30,33-34H,10-12H2,1-4H3;. The molecule has 9 unspecified atom stereocenters. The summed E-state index contributed by atoms with van der Waals surface area (Å²) in [7, 11) is 0. The summed E-state index contributed by atoms with van der Waals surface area (Å²) in [6.07, 6.45) is -7.08. The number of carbonyl (C=O) groups is 2. The second-order valence-electron chi connectivity index (χ2n) is 11.6. The SMILES string of the molecule is CC1=C2C(O)C(=O)C3(C)C(O)CC4OCC4(O)C3C(OC(=O)c3ccccc3)C(O)(CC1O)C2(C)C.[Ac]. The zero-order valence-electron chi connectivity index (χ0n) is 21.4. The van der Waals surface area contributed by atoms with E-state index in [1.54, 1.807) is 51.1 Å². The van der Waals surface area contributed by atoms with Crippen molar-refractivity contribution in [2.45, 2.75) is 82.3 Å². The van der Waals surface area contributed by atoms with Gasteiger partial charge in [-0.25, -0.2) is 4.79 Å². The molecular formula is C27H34AcO9. The fourth-order valence-corrected chi connectivity index (χ4v) is 7.26. The van der Waals surface area contributed by atoms with E-state index in [0.29, 0.717) is 5.57 Å². The summed E-state index contributed by atoms with van der Waals surface area (Å²) in [6.45, 7) is 6.07. The van der Waals surface area contributed by atoms with Crippen LogP contribution in [0.2, 0.25) is 0 Å². The van der Waals surface area contributed by atoms with Crippen LogP contribution in [0.5, 0.6) is 0 Å². The maximum Gasteiger partial charge on any atom is 0.338 e. The normalized spacial score (nSPS) is 44.3. The van der Waals surface area contributed by atoms with Gasteiger partial charge in [0, 0.05) is 68.2 Å². The molecule has 1 aromatic rings. The summed E-state index contributed by atoms with van der Waals surface area (Å²) in [6, 6.07) is 8.12. The number of fused-ring (bicyclic) bond motifs is 5. The van der Waals surface area contributed by atoms with E-state index in [9.17, 15) is 35.1 Å². The molecule has 37 heavy (non-hydrogen) atoms. The van der Waals surface area contributed by atoms with Crippen molar-refractivity contribution in [1.29, 1.82) is 0 Å². The molecule has 3 fully saturated rings. The first-order valence-corrected chi connectivity index (χ1v) is 12.3. The second-order valence-corrected chi connectivity index (χ2v) is 11.6. The van der Waals surface area contributed by atoms with Crippen molar-refractivity contribution < 1.29 is 88.7 Å². The van der Waals surface area contributed by atoms with Crippen molar-refractivity contribution in [3.05, 3.63) is 47.0 Å². The van der Waals surface area contributed by atoms with Gasteiger partial charge in [0.15, 0.2) is 5.78 Å². The van der Waals surface area contributed by atoms with Crippen LogP contribution < -0.4 is 0 Å². The summed E-state index contributed by atoms with van der Waals surface area (Å²) >= 11 is 0. The molecule has 4 aliphatic rings. The summed E-state index contributed by atoms with van der Waals surface area (Å²) in [4.78, 5) is 27.4. The quantitative estimate of drug-likeness (QED) is 0.217. The molecule has 1 saturated heterocycles. The number of Topliss-reactive ketones (excluding diaryl/α,β-unsaturated/α-hetero) is 1. The van der Waals surface area contributed by atoms with Crippen molar-refractivity contribution in [2.24, 2.45) is 16.7 Å². The molecule has 1 heterocycles. The largest absolute Gasteiger partial charge is 0.455 e. The molecule has 0 spiro atoms. The Balaban J connectivity index is 0.00000320. The van der Waals surface area contributed by atoms with Crippen LogP contribution in [0.4, 0.5) is 0 Å². The van der Waals surface area contributed by atoms with E-state index in [4.69, 9.17) is 9.47 Å². The van der Waals surface area contributed by atoms with Gasteiger partial charge in [0.25, 0.3) is 0 Å². The van der Waals surface area contributed by atoms with Gasteiger partial charge < -0.3 is 35.0 Å². The Labute approximate surface area is 251 Å². The molecule has 199 valence electrons. The Bertz CT molecular complexity index is 1140. The van der Waals surface area contributed by atoms with Crippen LogP contribution in [-0.2, 0) is 14.3 Å². The second kappa shape index (κ2) is 9.45. The Morgan fingerprint density at radius 3 is 2.27 bits per heavy atom. The number of benzene rings is 1. The van der Waals surface area contributed by atoms with Gasteiger partial charge in [-0.2, -0.15) is 0 Å². The van der Waals surface area contributed by atoms with Gasteiger partial charge >= 0.3 is 5.97 Å². The van der Waals surface area contributed by atoms with Gasteiger partial charge in [-0.1, -0.05) is 32.0 Å². The summed E-state index contributed by atoms with van der Waals surface area (Å²) in [5.41, 5.74) is -6.24. The number of ether oxygens (including phenoxy) is 2. The average Bonchev–Trinajstić information content (AvgIpc) is 2.83. The minimum absolute atomic E-state index is 0. The minimum Gasteiger partial charge on any atom is -0.455 e. The molecule has 0 amide bonds. The van der Waals surface area contributed by atoms with E-state index in [0.717, 1.165) is 0 Å². The summed E-state index contributed by atoms with van der Waals surface area (Å²) in [5.74, 6) is -2.89. The molecule has 9 nitrogen and oxygen atoms in total. The van der Waals surface area contributed by atoms with Crippen molar-refractivity contribution >= 4 is 11.8 Å². The van der Waals surface area contributed by atoms with Crippen molar-refractivity contribution in [3.8, 4) is 0 Å². The smallest absolute Gasteiger partial charge is 0.338 e. The molecule has 1 radical (unpaired) electrons. The van der Waals surface area contributed by atoms with Gasteiger partial charge in [0.2, 0.25) is 0 Å². The minimum atomic E-state index is -2.02. The predicted molar refractivity (Wildman–Crippen MR) is 126 cm³/mol. The first-order chi connectivity index (χ1) is 16.7. The third-order valence-electron chi connectivity index (χ3n) is 9.64. The van der Waals surface area contributed by atoms with Gasteiger partial charge in [0.1, 0.15) is 23.4 Å². The fraction of sp³-hybridized carbons (Fsp3) is 0.630. The topological polar surface area (TPSA) is 154 Å². The van der Waals surface area contributed by atoms with Gasteiger partial charge in [-0.3, -0.25) is 4.79 Å². The molecule has 10 heteroatoms. The van der Waals surface area contributed by atoms with Crippen LogP contribution in [0, 0.1) is 60.8 Å². The van der Waals surface area contributed by atoms with E-state index in [-0.39, 0.29) is 74.6 Å². The Hall–Kier alpha value is -0.698. The molecule has 2 bridgehead atoms. The molecule has 5 rings (SSSR count). The Morgan fingerprint density at radius 1 is 1.08 bits per heavy atom. The van der Waals surface area contributed by atoms with E-state index in [1.165, 1.54) is 6.92 Å². The van der Waals surface area contributed by atoms with Gasteiger partial charge in [-0.05, 0) is 37.1 Å². The molecule has 9 atom stereocenters. The zero-order valence-corrected chi connectivity index (χ0v) is 26.2. The number of hydrogen-bond donors (Lipinski definition) is 5. The first kappa shape index (κ1) is 29.3. The molecular weight excluding hydrogens is 695 g/mol. The number of carbonyl (C=O) groups excluding carboxylic acids is 2. The number of esters is 1. The van der Waals surface area contributed by atoms with Crippen LogP contribution in [0.3, 0.4) is 0 Å². The van der Waals surface area contributed by atoms with Crippen molar-refractivity contribution in [1.82, 2.24) is 0 Å². The zero-order chi connectivity index (χ0) is 26.4. The number of aliphatic hydroxyl groups excluding tert-OH is 3. The van der Waals surface area contributed by atoms with Crippen molar-refractivity contribution in [2.75, 3.05) is 6.61 Å². The maximum atomic E-state index is 14.0. The Kier molecular flexibility index (Phi) is 7.48. The number of hydrogen-bond acceptors (Lipinski definition) is 9. The summed E-state index contributed by atoms with van der Waals surface area (Å²) < 4.78 is 11.6. The molecule has 0 aromatic heterocycles. The van der Waals surface area contributed by atoms with E-state index >= 15 is 0 Å². The van der Waals surface area contributed by atoms with Gasteiger partial charge in [0.05, 0.1) is 35.9 Å². The van der Waals surface area contributed by atoms with Crippen molar-refractivity contribution in [3.63, 3.8) is 0 Å². The number of rotatable bonds is 2. The van der Waals surface area contributed by atoms with E-state index in [2.05, 4.69) is 0 Å². The van der Waals surface area contributed by atoms with Crippen LogP contribution in [-0.4, -0.2) is 85.6 Å². The first-order valence-electron chi connectivity index (χ1n) is 12.3. The van der Waals surface area contributed by atoms with E-state index in [1.807, 2.05) is 0 Å². The number of aliphatic hydroxyl groups is 5.